The maximum Gasteiger partial charge on any atom is 0.233 e. The lowest BCUT2D eigenvalue weighted by molar-refractivity contribution is -0.137. The fraction of sp³-hybridized carbons (Fsp3) is 0.409. The van der Waals surface area contributed by atoms with E-state index in [1.165, 1.54) is 11.8 Å². The molecule has 1 saturated heterocycles. The number of carbonyl (C=O) groups is 1. The van der Waals surface area contributed by atoms with E-state index >= 15 is 0 Å². The summed E-state index contributed by atoms with van der Waals surface area (Å²) in [6, 6.07) is 11.1. The molecule has 0 aliphatic carbocycles. The number of benzene rings is 2. The third-order valence-corrected chi connectivity index (χ3v) is 5.97. The molecule has 0 N–H and O–H groups in total. The highest BCUT2D eigenvalue weighted by Crippen LogP contribution is 2.35. The predicted molar refractivity (Wildman–Crippen MR) is 115 cm³/mol. The van der Waals surface area contributed by atoms with Crippen molar-refractivity contribution in [1.82, 2.24) is 4.90 Å². The second kappa shape index (κ2) is 10.0. The normalized spacial score (nSPS) is 17.4. The van der Waals surface area contributed by atoms with Gasteiger partial charge >= 0.3 is 0 Å². The number of rotatable bonds is 8. The Labute approximate surface area is 185 Å². The molecule has 9 heteroatoms. The van der Waals surface area contributed by atoms with E-state index in [0.717, 1.165) is 4.90 Å². The van der Waals surface area contributed by atoms with E-state index in [0.29, 0.717) is 60.8 Å². The molecular formula is C22H25NO7S. The summed E-state index contributed by atoms with van der Waals surface area (Å²) in [6.45, 7) is 2.14. The average molecular weight is 448 g/mol. The van der Waals surface area contributed by atoms with Crippen molar-refractivity contribution >= 4 is 17.7 Å². The molecule has 1 amide bonds. The number of amides is 1. The molecule has 0 spiro atoms. The van der Waals surface area contributed by atoms with Crippen molar-refractivity contribution in [2.45, 2.75) is 11.0 Å². The van der Waals surface area contributed by atoms with E-state index < -0.39 is 0 Å². The Hall–Kier alpha value is -2.78. The lowest BCUT2D eigenvalue weighted by Crippen LogP contribution is -2.48. The summed E-state index contributed by atoms with van der Waals surface area (Å²) in [6.07, 6.45) is -0.186. The maximum absolute atomic E-state index is 12.7. The highest BCUT2D eigenvalue weighted by Gasteiger charge is 2.25. The minimum absolute atomic E-state index is 0.0659. The Morgan fingerprint density at radius 3 is 2.77 bits per heavy atom. The highest BCUT2D eigenvalue weighted by atomic mass is 32.2. The number of morpholine rings is 1. The van der Waals surface area contributed by atoms with Crippen LogP contribution in [-0.4, -0.2) is 70.0 Å². The van der Waals surface area contributed by atoms with Gasteiger partial charge in [0.2, 0.25) is 12.7 Å². The van der Waals surface area contributed by atoms with Crippen LogP contribution in [0.3, 0.4) is 0 Å². The number of carbonyl (C=O) groups excluding carboxylic acids is 1. The van der Waals surface area contributed by atoms with Crippen LogP contribution >= 0.6 is 11.8 Å². The first-order chi connectivity index (χ1) is 15.2. The van der Waals surface area contributed by atoms with Crippen LogP contribution in [0.2, 0.25) is 0 Å². The van der Waals surface area contributed by atoms with Gasteiger partial charge in [-0.15, -0.1) is 11.8 Å². The summed E-state index contributed by atoms with van der Waals surface area (Å²) in [5, 5.41) is 0. The van der Waals surface area contributed by atoms with Crippen LogP contribution in [0.4, 0.5) is 0 Å². The standard InChI is InChI=1S/C22H25NO7S/c1-25-18-6-4-17(10-20(18)26-2)31-13-22(24)23-7-8-27-16(11-23)12-28-15-3-5-19-21(9-15)30-14-29-19/h3-6,9-10,16H,7-8,11-14H2,1-2H3. The number of methoxy groups -OCH3 is 2. The molecule has 2 aliphatic heterocycles. The predicted octanol–water partition coefficient (Wildman–Crippen LogP) is 2.83. The molecule has 0 aromatic heterocycles. The quantitative estimate of drug-likeness (QED) is 0.572. The lowest BCUT2D eigenvalue weighted by atomic mass is 10.2. The number of fused-ring (bicyclic) bond motifs is 1. The smallest absolute Gasteiger partial charge is 0.233 e. The van der Waals surface area contributed by atoms with Gasteiger partial charge in [0.25, 0.3) is 0 Å². The SMILES string of the molecule is COc1ccc(SCC(=O)N2CCOC(COc3ccc4c(c3)OCO4)C2)cc1OC. The molecule has 0 bridgehead atoms. The molecule has 166 valence electrons. The van der Waals surface area contributed by atoms with Crippen LogP contribution in [0.15, 0.2) is 41.3 Å². The monoisotopic (exact) mass is 447 g/mol. The zero-order valence-corrected chi connectivity index (χ0v) is 18.3. The Morgan fingerprint density at radius 1 is 1.10 bits per heavy atom. The van der Waals surface area contributed by atoms with Gasteiger partial charge in [0.15, 0.2) is 23.0 Å². The van der Waals surface area contributed by atoms with Crippen molar-refractivity contribution in [3.8, 4) is 28.7 Å². The summed E-state index contributed by atoms with van der Waals surface area (Å²) < 4.78 is 32.9. The Morgan fingerprint density at radius 2 is 1.94 bits per heavy atom. The van der Waals surface area contributed by atoms with Gasteiger partial charge in [-0.3, -0.25) is 4.79 Å². The van der Waals surface area contributed by atoms with E-state index in [9.17, 15) is 4.79 Å². The Kier molecular flexibility index (Phi) is 6.93. The largest absolute Gasteiger partial charge is 0.493 e. The third kappa shape index (κ3) is 5.29. The Balaban J connectivity index is 1.26. The van der Waals surface area contributed by atoms with Crippen LogP contribution in [0.25, 0.3) is 0 Å². The van der Waals surface area contributed by atoms with Gasteiger partial charge in [-0.05, 0) is 30.3 Å². The molecule has 4 rings (SSSR count). The molecule has 1 fully saturated rings. The van der Waals surface area contributed by atoms with Crippen molar-refractivity contribution in [3.63, 3.8) is 0 Å². The number of thioether (sulfide) groups is 1. The molecule has 0 radical (unpaired) electrons. The van der Waals surface area contributed by atoms with Crippen molar-refractivity contribution in [2.75, 3.05) is 53.1 Å². The van der Waals surface area contributed by atoms with Crippen molar-refractivity contribution < 1.29 is 33.2 Å². The number of ether oxygens (including phenoxy) is 6. The molecule has 0 saturated carbocycles. The van der Waals surface area contributed by atoms with Gasteiger partial charge in [-0.2, -0.15) is 0 Å². The molecule has 1 unspecified atom stereocenters. The van der Waals surface area contributed by atoms with Crippen LogP contribution in [0, 0.1) is 0 Å². The van der Waals surface area contributed by atoms with Crippen molar-refractivity contribution in [3.05, 3.63) is 36.4 Å². The molecule has 2 aromatic carbocycles. The molecule has 2 heterocycles. The summed E-state index contributed by atoms with van der Waals surface area (Å²) in [7, 11) is 3.19. The molecule has 2 aliphatic rings. The summed E-state index contributed by atoms with van der Waals surface area (Å²) in [5.41, 5.74) is 0. The second-order valence-electron chi connectivity index (χ2n) is 6.96. The van der Waals surface area contributed by atoms with E-state index in [-0.39, 0.29) is 18.8 Å². The summed E-state index contributed by atoms with van der Waals surface area (Å²) in [5.74, 6) is 3.78. The fourth-order valence-corrected chi connectivity index (χ4v) is 4.17. The Bertz CT molecular complexity index is 923. The van der Waals surface area contributed by atoms with E-state index in [2.05, 4.69) is 0 Å². The maximum atomic E-state index is 12.7. The first kappa shape index (κ1) is 21.5. The first-order valence-corrected chi connectivity index (χ1v) is 10.9. The van der Waals surface area contributed by atoms with E-state index in [1.54, 1.807) is 20.3 Å². The van der Waals surface area contributed by atoms with Gasteiger partial charge < -0.3 is 33.3 Å². The molecule has 2 aromatic rings. The number of hydrogen-bond donors (Lipinski definition) is 0. The van der Waals surface area contributed by atoms with Crippen LogP contribution < -0.4 is 23.7 Å². The van der Waals surface area contributed by atoms with Gasteiger partial charge in [-0.25, -0.2) is 0 Å². The van der Waals surface area contributed by atoms with Gasteiger partial charge in [0.05, 0.1) is 33.1 Å². The molecule has 31 heavy (non-hydrogen) atoms. The lowest BCUT2D eigenvalue weighted by Gasteiger charge is -2.32. The summed E-state index contributed by atoms with van der Waals surface area (Å²) in [4.78, 5) is 15.5. The number of hydrogen-bond acceptors (Lipinski definition) is 8. The average Bonchev–Trinajstić information content (AvgIpc) is 3.29. The first-order valence-electron chi connectivity index (χ1n) is 9.93. The third-order valence-electron chi connectivity index (χ3n) is 4.99. The van der Waals surface area contributed by atoms with E-state index in [4.69, 9.17) is 28.4 Å². The van der Waals surface area contributed by atoms with E-state index in [1.807, 2.05) is 35.2 Å². The fourth-order valence-electron chi connectivity index (χ4n) is 3.35. The molecular weight excluding hydrogens is 422 g/mol. The minimum atomic E-state index is -0.186. The second-order valence-corrected chi connectivity index (χ2v) is 8.01. The minimum Gasteiger partial charge on any atom is -0.493 e. The van der Waals surface area contributed by atoms with Crippen LogP contribution in [0.5, 0.6) is 28.7 Å². The van der Waals surface area contributed by atoms with Crippen LogP contribution in [0.1, 0.15) is 0 Å². The molecule has 1 atom stereocenters. The van der Waals surface area contributed by atoms with Gasteiger partial charge in [0, 0.05) is 17.5 Å². The van der Waals surface area contributed by atoms with Crippen molar-refractivity contribution in [2.24, 2.45) is 0 Å². The zero-order valence-electron chi connectivity index (χ0n) is 17.5. The van der Waals surface area contributed by atoms with Crippen molar-refractivity contribution in [1.29, 1.82) is 0 Å². The highest BCUT2D eigenvalue weighted by molar-refractivity contribution is 8.00. The van der Waals surface area contributed by atoms with Gasteiger partial charge in [0.1, 0.15) is 18.5 Å². The van der Waals surface area contributed by atoms with Gasteiger partial charge in [-0.1, -0.05) is 0 Å². The molecule has 8 nitrogen and oxygen atoms in total. The summed E-state index contributed by atoms with van der Waals surface area (Å²) >= 11 is 1.47. The topological polar surface area (TPSA) is 75.7 Å². The number of nitrogens with zero attached hydrogens (tertiary/aromatic N) is 1. The zero-order chi connectivity index (χ0) is 21.6. The van der Waals surface area contributed by atoms with Crippen LogP contribution in [-0.2, 0) is 9.53 Å².